The van der Waals surface area contributed by atoms with E-state index < -0.39 is 6.04 Å². The lowest BCUT2D eigenvalue weighted by Crippen LogP contribution is -1.96. The Bertz CT molecular complexity index is 2820. The van der Waals surface area contributed by atoms with Crippen LogP contribution in [-0.2, 0) is 0 Å². The van der Waals surface area contributed by atoms with Gasteiger partial charge in [0.05, 0.1) is 18.2 Å². The zero-order chi connectivity index (χ0) is 35.5. The summed E-state index contributed by atoms with van der Waals surface area (Å²) in [6.07, 6.45) is 0. The fraction of sp³-hybridized carbons (Fsp3) is 0. The third-order valence-electron chi connectivity index (χ3n) is 8.56. The van der Waals surface area contributed by atoms with Crippen LogP contribution < -0.4 is 0 Å². The van der Waals surface area contributed by atoms with Gasteiger partial charge in [0.25, 0.3) is 0 Å². The van der Waals surface area contributed by atoms with Gasteiger partial charge < -0.3 is 4.42 Å². The van der Waals surface area contributed by atoms with Crippen molar-refractivity contribution in [1.29, 1.82) is 0 Å². The van der Waals surface area contributed by atoms with Crippen molar-refractivity contribution in [3.63, 3.8) is 0 Å². The van der Waals surface area contributed by atoms with Crippen LogP contribution in [0.4, 0.5) is 0 Å². The second kappa shape index (κ2) is 11.2. The minimum Gasteiger partial charge on any atom is -0.456 e. The van der Waals surface area contributed by atoms with Gasteiger partial charge >= 0.3 is 0 Å². The van der Waals surface area contributed by atoms with E-state index in [2.05, 4.69) is 42.5 Å². The quantitative estimate of drug-likeness (QED) is 0.196. The average Bonchev–Trinajstić information content (AvgIpc) is 3.58. The molecule has 9 rings (SSSR count). The minimum atomic E-state index is -0.411. The number of furan rings is 1. The molecule has 0 fully saturated rings. The highest BCUT2D eigenvalue weighted by Crippen LogP contribution is 2.41. The second-order valence-electron chi connectivity index (χ2n) is 11.5. The summed E-state index contributed by atoms with van der Waals surface area (Å²) in [5, 5.41) is 4.19. The van der Waals surface area contributed by atoms with E-state index in [-0.39, 0.29) is 29.7 Å². The van der Waals surface area contributed by atoms with Gasteiger partial charge in [0, 0.05) is 27.5 Å². The lowest BCUT2D eigenvalue weighted by Gasteiger charge is -2.13. The van der Waals surface area contributed by atoms with E-state index in [0.29, 0.717) is 17.0 Å². The summed E-state index contributed by atoms with van der Waals surface area (Å²) in [4.78, 5) is 10.3. The number of nitrogens with zero attached hydrogens (tertiary/aromatic N) is 2. The Balaban J connectivity index is 1.26. The lowest BCUT2D eigenvalue weighted by atomic mass is 9.95. The zero-order valence-electron chi connectivity index (χ0n) is 30.1. The molecule has 9 aromatic rings. The molecule has 3 nitrogen and oxygen atoms in total. The van der Waals surface area contributed by atoms with Crippen LogP contribution >= 0.6 is 0 Å². The Morgan fingerprint density at radius 2 is 1.13 bits per heavy atom. The van der Waals surface area contributed by atoms with Crippen molar-refractivity contribution >= 4 is 32.7 Å². The third kappa shape index (κ3) is 4.95. The smallest absolute Gasteiger partial charge is 0.160 e. The van der Waals surface area contributed by atoms with E-state index in [9.17, 15) is 0 Å². The minimum absolute atomic E-state index is 0.168. The normalized spacial score (nSPS) is 12.9. The molecule has 0 spiro atoms. The number of benzene rings is 7. The van der Waals surface area contributed by atoms with Gasteiger partial charge in [-0.2, -0.15) is 0 Å². The van der Waals surface area contributed by atoms with Gasteiger partial charge in [-0.3, -0.25) is 0 Å². The summed E-state index contributed by atoms with van der Waals surface area (Å²) >= 11 is 0. The van der Waals surface area contributed by atoms with Crippen molar-refractivity contribution in [2.45, 2.75) is 0 Å². The number of para-hydroxylation sites is 1. The Labute approximate surface area is 279 Å². The summed E-state index contributed by atoms with van der Waals surface area (Å²) in [7, 11) is 0. The van der Waals surface area contributed by atoms with Crippen LogP contribution in [0.15, 0.2) is 174 Å². The maximum Gasteiger partial charge on any atom is 0.160 e. The molecule has 220 valence electrons. The fourth-order valence-electron chi connectivity index (χ4n) is 6.24. The Hall–Kier alpha value is -6.32. The number of rotatable bonds is 5. The number of fused-ring (bicyclic) bond motifs is 4. The van der Waals surface area contributed by atoms with Gasteiger partial charge in [-0.1, -0.05) is 139 Å². The monoisotopic (exact) mass is 605 g/mol. The first-order valence-corrected chi connectivity index (χ1v) is 15.4. The van der Waals surface area contributed by atoms with Crippen LogP contribution in [0.5, 0.6) is 0 Å². The molecule has 7 aromatic carbocycles. The van der Waals surface area contributed by atoms with Gasteiger partial charge in [0.15, 0.2) is 5.82 Å². The molecule has 0 aliphatic carbocycles. The Kier molecular flexibility index (Phi) is 5.32. The average molecular weight is 606 g/mol. The molecular weight excluding hydrogens is 572 g/mol. The van der Waals surface area contributed by atoms with Gasteiger partial charge in [-0.25, -0.2) is 9.97 Å². The van der Waals surface area contributed by atoms with Crippen molar-refractivity contribution in [1.82, 2.24) is 9.97 Å². The predicted octanol–water partition coefficient (Wildman–Crippen LogP) is 11.9. The van der Waals surface area contributed by atoms with Gasteiger partial charge in [0.1, 0.15) is 11.2 Å². The van der Waals surface area contributed by atoms with Crippen LogP contribution in [-0.4, -0.2) is 9.97 Å². The van der Waals surface area contributed by atoms with E-state index in [0.717, 1.165) is 66.3 Å². The first-order valence-electron chi connectivity index (χ1n) is 17.9. The van der Waals surface area contributed by atoms with Crippen LogP contribution in [0.3, 0.4) is 0 Å². The second-order valence-corrected chi connectivity index (χ2v) is 11.5. The molecular formula is C44H28N2O. The molecule has 0 amide bonds. The molecule has 0 bridgehead atoms. The van der Waals surface area contributed by atoms with Crippen LogP contribution in [0.25, 0.3) is 88.9 Å². The molecule has 0 saturated heterocycles. The highest BCUT2D eigenvalue weighted by Gasteiger charge is 2.19. The topological polar surface area (TPSA) is 38.9 Å². The number of hydrogen-bond donors (Lipinski definition) is 0. The van der Waals surface area contributed by atoms with Gasteiger partial charge in [-0.15, -0.1) is 0 Å². The maximum atomic E-state index is 8.46. The van der Waals surface area contributed by atoms with Crippen molar-refractivity contribution in [2.24, 2.45) is 0 Å². The van der Waals surface area contributed by atoms with Crippen LogP contribution in [0, 0.1) is 0 Å². The van der Waals surface area contributed by atoms with Crippen molar-refractivity contribution in [3.8, 4) is 56.2 Å². The Morgan fingerprint density at radius 3 is 1.96 bits per heavy atom. The molecule has 0 aliphatic rings. The lowest BCUT2D eigenvalue weighted by molar-refractivity contribution is 0.669. The first kappa shape index (κ1) is 22.2. The third-order valence-corrected chi connectivity index (χ3v) is 8.56. The molecule has 0 unspecified atom stereocenters. The van der Waals surface area contributed by atoms with Gasteiger partial charge in [-0.05, 0) is 63.4 Å². The highest BCUT2D eigenvalue weighted by atomic mass is 16.3. The molecule has 2 heterocycles. The molecule has 0 radical (unpaired) electrons. The summed E-state index contributed by atoms with van der Waals surface area (Å²) in [5.41, 5.74) is 8.22. The molecule has 0 N–H and O–H groups in total. The summed E-state index contributed by atoms with van der Waals surface area (Å²) in [6, 6.07) is 44.6. The first-order chi connectivity index (χ1) is 25.3. The SMILES string of the molecule is [2H]c1c([2H])c([2H])c(-c2ccc(-c3cc(-c4cc(-c5ccc6ccccc6c5)nc(-c5ccccc5)n4)c4c(c3)oc3ccccc34)cc2)c([2H])c1[2H]. The molecule has 3 heteroatoms. The van der Waals surface area contributed by atoms with Crippen molar-refractivity contribution in [3.05, 3.63) is 170 Å². The van der Waals surface area contributed by atoms with Crippen LogP contribution in [0.1, 0.15) is 6.85 Å². The van der Waals surface area contributed by atoms with Crippen molar-refractivity contribution in [2.75, 3.05) is 0 Å². The molecule has 0 aliphatic heterocycles. The Morgan fingerprint density at radius 1 is 0.447 bits per heavy atom. The van der Waals surface area contributed by atoms with Crippen molar-refractivity contribution < 1.29 is 11.3 Å². The standard InChI is InChI=1S/C44H28N2O/c1-3-11-29(12-4-1)31-19-21-32(22-20-31)36-26-38(43-37-17-9-10-18-41(37)47-42(43)27-36)40-28-39(45-44(46-40)33-14-5-2-6-15-33)35-24-23-30-13-7-8-16-34(30)25-35/h1-28H/i1D,3D,4D,11D,12D. The number of aromatic nitrogens is 2. The van der Waals surface area contributed by atoms with E-state index in [4.69, 9.17) is 21.2 Å². The molecule has 47 heavy (non-hydrogen) atoms. The summed E-state index contributed by atoms with van der Waals surface area (Å²) in [5.74, 6) is 0.607. The zero-order valence-corrected chi connectivity index (χ0v) is 25.1. The summed E-state index contributed by atoms with van der Waals surface area (Å²) in [6.45, 7) is 0. The fourth-order valence-corrected chi connectivity index (χ4v) is 6.24. The van der Waals surface area contributed by atoms with E-state index in [1.165, 1.54) is 0 Å². The molecule has 2 aromatic heterocycles. The van der Waals surface area contributed by atoms with E-state index in [1.807, 2.05) is 84.9 Å². The predicted molar refractivity (Wildman–Crippen MR) is 194 cm³/mol. The maximum absolute atomic E-state index is 8.46. The highest BCUT2D eigenvalue weighted by molar-refractivity contribution is 6.13. The van der Waals surface area contributed by atoms with Crippen LogP contribution in [0.2, 0.25) is 0 Å². The van der Waals surface area contributed by atoms with Gasteiger partial charge in [0.2, 0.25) is 0 Å². The largest absolute Gasteiger partial charge is 0.456 e. The number of hydrogen-bond acceptors (Lipinski definition) is 3. The molecule has 0 saturated carbocycles. The van der Waals surface area contributed by atoms with E-state index in [1.54, 1.807) is 12.1 Å². The summed E-state index contributed by atoms with van der Waals surface area (Å²) < 4.78 is 47.6. The molecule has 0 atom stereocenters. The van der Waals surface area contributed by atoms with E-state index >= 15 is 0 Å².